The average molecular weight is 682 g/mol. The van der Waals surface area contributed by atoms with Crippen molar-refractivity contribution >= 4 is 63.6 Å². The predicted octanol–water partition coefficient (Wildman–Crippen LogP) is 8.03. The molecule has 3 N–H and O–H groups in total. The molecule has 3 amide bonds. The third-order valence-electron chi connectivity index (χ3n) is 7.96. The molecule has 48 heavy (non-hydrogen) atoms. The predicted molar refractivity (Wildman–Crippen MR) is 194 cm³/mol. The van der Waals surface area contributed by atoms with E-state index in [2.05, 4.69) is 16.0 Å². The first-order valence-corrected chi connectivity index (χ1v) is 17.7. The van der Waals surface area contributed by atoms with Crippen LogP contribution in [0.25, 0.3) is 6.08 Å². The molecule has 8 nitrogen and oxygen atoms in total. The molecule has 248 valence electrons. The van der Waals surface area contributed by atoms with E-state index in [0.29, 0.717) is 28.2 Å². The number of hydrogen-bond acceptors (Lipinski definition) is 7. The first-order valence-electron chi connectivity index (χ1n) is 16.0. The van der Waals surface area contributed by atoms with Crippen molar-refractivity contribution in [1.29, 1.82) is 0 Å². The number of amides is 3. The number of esters is 1. The molecule has 0 saturated carbocycles. The highest BCUT2D eigenvalue weighted by molar-refractivity contribution is 8.00. The molecule has 0 radical (unpaired) electrons. The lowest BCUT2D eigenvalue weighted by molar-refractivity contribution is -0.116. The Labute approximate surface area is 289 Å². The van der Waals surface area contributed by atoms with Gasteiger partial charge in [0.05, 0.1) is 17.9 Å². The van der Waals surface area contributed by atoms with E-state index in [9.17, 15) is 19.2 Å². The number of hydrogen-bond donors (Lipinski definition) is 3. The molecule has 1 unspecified atom stereocenters. The smallest absolute Gasteiger partial charge is 0.341 e. The molecule has 10 heteroatoms. The number of benzene rings is 3. The van der Waals surface area contributed by atoms with Crippen molar-refractivity contribution in [2.45, 2.75) is 62.5 Å². The van der Waals surface area contributed by atoms with Crippen LogP contribution in [0, 0.1) is 6.92 Å². The molecule has 4 aromatic rings. The summed E-state index contributed by atoms with van der Waals surface area (Å²) in [4.78, 5) is 54.9. The summed E-state index contributed by atoms with van der Waals surface area (Å²) in [6.07, 6.45) is 7.06. The third-order valence-corrected chi connectivity index (χ3v) is 10.5. The zero-order valence-corrected chi connectivity index (χ0v) is 28.9. The number of methoxy groups -OCH3 is 1. The molecule has 1 aromatic heterocycles. The van der Waals surface area contributed by atoms with Gasteiger partial charge in [0.25, 0.3) is 11.8 Å². The van der Waals surface area contributed by atoms with Gasteiger partial charge in [-0.1, -0.05) is 67.4 Å². The molecule has 1 aliphatic rings. The number of anilines is 2. The van der Waals surface area contributed by atoms with Gasteiger partial charge >= 0.3 is 5.97 Å². The largest absolute Gasteiger partial charge is 0.465 e. The lowest BCUT2D eigenvalue weighted by Crippen LogP contribution is -2.30. The maximum absolute atomic E-state index is 13.6. The van der Waals surface area contributed by atoms with Gasteiger partial charge in [0.1, 0.15) is 10.7 Å². The van der Waals surface area contributed by atoms with Crippen molar-refractivity contribution in [3.8, 4) is 0 Å². The van der Waals surface area contributed by atoms with Gasteiger partial charge in [-0.15, -0.1) is 23.1 Å². The van der Waals surface area contributed by atoms with E-state index in [-0.39, 0.29) is 11.6 Å². The van der Waals surface area contributed by atoms with Crippen LogP contribution < -0.4 is 16.0 Å². The zero-order valence-electron chi connectivity index (χ0n) is 27.3. The van der Waals surface area contributed by atoms with Crippen molar-refractivity contribution in [1.82, 2.24) is 5.32 Å². The monoisotopic (exact) mass is 681 g/mol. The first kappa shape index (κ1) is 34.7. The first-order chi connectivity index (χ1) is 23.2. The van der Waals surface area contributed by atoms with Crippen LogP contribution in [0.4, 0.5) is 10.7 Å². The molecule has 0 saturated heterocycles. The van der Waals surface area contributed by atoms with Gasteiger partial charge in [0.2, 0.25) is 5.91 Å². The van der Waals surface area contributed by atoms with Crippen LogP contribution in [-0.2, 0) is 27.2 Å². The number of aryl methyl sites for hydroxylation is 2. The number of nitrogens with one attached hydrogen (secondary N) is 3. The standard InChI is InChI=1S/C38H39N3O5S2/c1-4-31(36(44)41-37-33(38(45)46-3)29-19-9-6-10-20-32(29)48-37)47-28-18-12-17-27(23-28)39-35(43)30(22-25-14-11-13-24(2)21-25)40-34(42)26-15-7-5-8-16-26/h5,7-8,11-18,21-23,31H,4,6,9-10,19-20H2,1-3H3,(H,39,43)(H,40,42)(H,41,44)/b30-22+. The van der Waals surface area contributed by atoms with E-state index in [1.54, 1.807) is 48.5 Å². The average Bonchev–Trinajstić information content (AvgIpc) is 3.26. The molecule has 0 fully saturated rings. The Morgan fingerprint density at radius 2 is 1.69 bits per heavy atom. The highest BCUT2D eigenvalue weighted by atomic mass is 32.2. The quantitative estimate of drug-likeness (QED) is 0.0640. The summed E-state index contributed by atoms with van der Waals surface area (Å²) in [5, 5.41) is 8.81. The fraction of sp³-hybridized carbons (Fsp3) is 0.263. The lowest BCUT2D eigenvalue weighted by atomic mass is 10.1. The molecule has 3 aromatic carbocycles. The Kier molecular flexibility index (Phi) is 11.9. The van der Waals surface area contributed by atoms with E-state index < -0.39 is 23.0 Å². The number of rotatable bonds is 11. The van der Waals surface area contributed by atoms with Gasteiger partial charge in [-0.05, 0) is 86.6 Å². The number of thioether (sulfide) groups is 1. The molecule has 0 spiro atoms. The maximum Gasteiger partial charge on any atom is 0.341 e. The van der Waals surface area contributed by atoms with Crippen LogP contribution >= 0.6 is 23.1 Å². The summed E-state index contributed by atoms with van der Waals surface area (Å²) in [7, 11) is 1.36. The second-order valence-electron chi connectivity index (χ2n) is 11.5. The van der Waals surface area contributed by atoms with Crippen LogP contribution in [0.2, 0.25) is 0 Å². The van der Waals surface area contributed by atoms with Crippen molar-refractivity contribution < 1.29 is 23.9 Å². The number of carbonyl (C=O) groups excluding carboxylic acids is 4. The molecular weight excluding hydrogens is 643 g/mol. The van der Waals surface area contributed by atoms with Crippen molar-refractivity contribution in [2.75, 3.05) is 17.7 Å². The Morgan fingerprint density at radius 3 is 2.44 bits per heavy atom. The van der Waals surface area contributed by atoms with Gasteiger partial charge in [0.15, 0.2) is 0 Å². The molecule has 0 aliphatic heterocycles. The highest BCUT2D eigenvalue weighted by Crippen LogP contribution is 2.39. The molecule has 1 atom stereocenters. The fourth-order valence-electron chi connectivity index (χ4n) is 5.54. The summed E-state index contributed by atoms with van der Waals surface area (Å²) < 4.78 is 5.10. The van der Waals surface area contributed by atoms with E-state index in [0.717, 1.165) is 58.6 Å². The van der Waals surface area contributed by atoms with Gasteiger partial charge < -0.3 is 20.7 Å². The highest BCUT2D eigenvalue weighted by Gasteiger charge is 2.28. The SMILES string of the molecule is CCC(Sc1cccc(NC(=O)/C(=C\c2cccc(C)c2)NC(=O)c2ccccc2)c1)C(=O)Nc1sc2c(c1C(=O)OC)CCCCC2. The molecular formula is C38H39N3O5S2. The van der Waals surface area contributed by atoms with Crippen molar-refractivity contribution in [3.63, 3.8) is 0 Å². The number of fused-ring (bicyclic) bond motifs is 1. The fourth-order valence-corrected chi connectivity index (χ4v) is 7.84. The van der Waals surface area contributed by atoms with Crippen LogP contribution in [0.5, 0.6) is 0 Å². The van der Waals surface area contributed by atoms with E-state index in [1.807, 2.05) is 50.2 Å². The second kappa shape index (κ2) is 16.4. The molecule has 1 heterocycles. The Hall–Kier alpha value is -4.67. The minimum absolute atomic E-state index is 0.0917. The minimum Gasteiger partial charge on any atom is -0.465 e. The van der Waals surface area contributed by atoms with Crippen LogP contribution in [0.15, 0.2) is 89.5 Å². The van der Waals surface area contributed by atoms with Crippen LogP contribution in [0.3, 0.4) is 0 Å². The van der Waals surface area contributed by atoms with Gasteiger partial charge in [-0.25, -0.2) is 4.79 Å². The molecule has 1 aliphatic carbocycles. The summed E-state index contributed by atoms with van der Waals surface area (Å²) in [6.45, 7) is 3.89. The van der Waals surface area contributed by atoms with E-state index in [1.165, 1.54) is 30.2 Å². The number of thiophene rings is 1. The van der Waals surface area contributed by atoms with Crippen LogP contribution in [0.1, 0.15) is 74.9 Å². The molecule has 5 rings (SSSR count). The summed E-state index contributed by atoms with van der Waals surface area (Å²) in [6, 6.07) is 23.6. The van der Waals surface area contributed by atoms with Crippen molar-refractivity contribution in [3.05, 3.63) is 117 Å². The Balaban J connectivity index is 1.32. The zero-order chi connectivity index (χ0) is 34.0. The third kappa shape index (κ3) is 8.81. The van der Waals surface area contributed by atoms with E-state index >= 15 is 0 Å². The van der Waals surface area contributed by atoms with E-state index in [4.69, 9.17) is 4.74 Å². The maximum atomic E-state index is 13.6. The normalized spacial score (nSPS) is 13.4. The Morgan fingerprint density at radius 1 is 0.917 bits per heavy atom. The van der Waals surface area contributed by atoms with Gasteiger partial charge in [-0.2, -0.15) is 0 Å². The van der Waals surface area contributed by atoms with Crippen LogP contribution in [-0.4, -0.2) is 36.1 Å². The lowest BCUT2D eigenvalue weighted by Gasteiger charge is -2.16. The summed E-state index contributed by atoms with van der Waals surface area (Å²) in [5.74, 6) is -1.51. The van der Waals surface area contributed by atoms with Crippen molar-refractivity contribution in [2.24, 2.45) is 0 Å². The summed E-state index contributed by atoms with van der Waals surface area (Å²) >= 11 is 2.85. The topological polar surface area (TPSA) is 114 Å². The summed E-state index contributed by atoms with van der Waals surface area (Å²) in [5.41, 5.74) is 4.30. The second-order valence-corrected chi connectivity index (χ2v) is 13.9. The Bertz CT molecular complexity index is 1830. The number of carbonyl (C=O) groups is 4. The minimum atomic E-state index is -0.486. The van der Waals surface area contributed by atoms with Gasteiger partial charge in [-0.3, -0.25) is 14.4 Å². The van der Waals surface area contributed by atoms with Gasteiger partial charge in [0, 0.05) is 21.0 Å². The molecule has 0 bridgehead atoms. The number of ether oxygens (including phenoxy) is 1.